The van der Waals surface area contributed by atoms with Crippen LogP contribution in [0.3, 0.4) is 0 Å². The topological polar surface area (TPSA) is 58.6 Å². The highest BCUT2D eigenvalue weighted by atomic mass is 79.9. The Hall–Kier alpha value is -1.40. The first-order valence-electron chi connectivity index (χ1n) is 6.93. The van der Waals surface area contributed by atoms with Crippen LogP contribution in [0.5, 0.6) is 0 Å². The molecule has 1 aromatic rings. The van der Waals surface area contributed by atoms with Crippen molar-refractivity contribution in [1.82, 2.24) is 10.2 Å². The van der Waals surface area contributed by atoms with E-state index in [0.29, 0.717) is 31.9 Å². The van der Waals surface area contributed by atoms with Gasteiger partial charge in [0, 0.05) is 17.6 Å². The second-order valence-corrected chi connectivity index (χ2v) is 5.86. The molecule has 1 heterocycles. The first kappa shape index (κ1) is 16.0. The third-order valence-electron chi connectivity index (χ3n) is 3.48. The Kier molecular flexibility index (Phi) is 5.36. The van der Waals surface area contributed by atoms with Crippen LogP contribution in [0.2, 0.25) is 0 Å². The van der Waals surface area contributed by atoms with Gasteiger partial charge in [-0.25, -0.2) is 0 Å². The minimum absolute atomic E-state index is 0.0737. The van der Waals surface area contributed by atoms with Gasteiger partial charge >= 0.3 is 0 Å². The molecule has 1 saturated heterocycles. The fourth-order valence-electron chi connectivity index (χ4n) is 2.22. The average Bonchev–Trinajstić information content (AvgIpc) is 2.50. The highest BCUT2D eigenvalue weighted by Crippen LogP contribution is 2.21. The molecule has 0 aliphatic carbocycles. The smallest absolute Gasteiger partial charge is 0.253 e. The number of hydrogen-bond acceptors (Lipinski definition) is 3. The van der Waals surface area contributed by atoms with Crippen LogP contribution in [0.15, 0.2) is 22.7 Å². The predicted octanol–water partition coefficient (Wildman–Crippen LogP) is 1.73. The van der Waals surface area contributed by atoms with Gasteiger partial charge in [0.25, 0.3) is 5.91 Å². The molecule has 6 heteroatoms. The SMILES string of the molecule is Cc1cccc(C(=O)NC(C)C(=O)N2CCOCC2)c1Br. The van der Waals surface area contributed by atoms with Crippen LogP contribution in [0.1, 0.15) is 22.8 Å². The summed E-state index contributed by atoms with van der Waals surface area (Å²) in [4.78, 5) is 26.3. The summed E-state index contributed by atoms with van der Waals surface area (Å²) >= 11 is 3.41. The zero-order valence-corrected chi connectivity index (χ0v) is 13.8. The molecular weight excluding hydrogens is 336 g/mol. The van der Waals surface area contributed by atoms with E-state index >= 15 is 0 Å². The van der Waals surface area contributed by atoms with E-state index < -0.39 is 6.04 Å². The molecule has 1 aliphatic heterocycles. The largest absolute Gasteiger partial charge is 0.378 e. The van der Waals surface area contributed by atoms with E-state index in [1.54, 1.807) is 17.9 Å². The summed E-state index contributed by atoms with van der Waals surface area (Å²) in [5.41, 5.74) is 1.52. The predicted molar refractivity (Wildman–Crippen MR) is 83.2 cm³/mol. The molecule has 1 fully saturated rings. The summed E-state index contributed by atoms with van der Waals surface area (Å²) in [7, 11) is 0. The molecular formula is C15H19BrN2O3. The summed E-state index contributed by atoms with van der Waals surface area (Å²) in [5, 5.41) is 2.76. The number of carbonyl (C=O) groups excluding carboxylic acids is 2. The van der Waals surface area contributed by atoms with Crippen LogP contribution in [0, 0.1) is 6.92 Å². The maximum atomic E-state index is 12.3. The Bertz CT molecular complexity index is 542. The summed E-state index contributed by atoms with van der Waals surface area (Å²) in [6, 6.07) is 4.92. The van der Waals surface area contributed by atoms with Crippen LogP contribution < -0.4 is 5.32 Å². The molecule has 1 atom stereocenters. The van der Waals surface area contributed by atoms with E-state index in [9.17, 15) is 9.59 Å². The Balaban J connectivity index is 2.01. The lowest BCUT2D eigenvalue weighted by atomic mass is 10.1. The maximum absolute atomic E-state index is 12.3. The minimum Gasteiger partial charge on any atom is -0.378 e. The van der Waals surface area contributed by atoms with Crippen molar-refractivity contribution in [3.05, 3.63) is 33.8 Å². The molecule has 0 spiro atoms. The van der Waals surface area contributed by atoms with Crippen molar-refractivity contribution in [2.24, 2.45) is 0 Å². The van der Waals surface area contributed by atoms with Crippen molar-refractivity contribution < 1.29 is 14.3 Å². The zero-order chi connectivity index (χ0) is 15.4. The van der Waals surface area contributed by atoms with Crippen molar-refractivity contribution in [2.45, 2.75) is 19.9 Å². The van der Waals surface area contributed by atoms with Crippen molar-refractivity contribution in [2.75, 3.05) is 26.3 Å². The quantitative estimate of drug-likeness (QED) is 0.899. The van der Waals surface area contributed by atoms with E-state index in [4.69, 9.17) is 4.74 Å². The lowest BCUT2D eigenvalue weighted by Crippen LogP contribution is -2.50. The van der Waals surface area contributed by atoms with Crippen LogP contribution in [0.4, 0.5) is 0 Å². The molecule has 2 rings (SSSR count). The fourth-order valence-corrected chi connectivity index (χ4v) is 2.66. The molecule has 0 bridgehead atoms. The standard InChI is InChI=1S/C15H19BrN2O3/c1-10-4-3-5-12(13(10)16)14(19)17-11(2)15(20)18-6-8-21-9-7-18/h3-5,11H,6-9H2,1-2H3,(H,17,19). The number of morpholine rings is 1. The molecule has 0 radical (unpaired) electrons. The third kappa shape index (κ3) is 3.83. The van der Waals surface area contributed by atoms with E-state index in [1.165, 1.54) is 0 Å². The lowest BCUT2D eigenvalue weighted by molar-refractivity contribution is -0.136. The van der Waals surface area contributed by atoms with Crippen molar-refractivity contribution in [1.29, 1.82) is 0 Å². The van der Waals surface area contributed by atoms with Gasteiger partial charge in [0.1, 0.15) is 6.04 Å². The number of benzene rings is 1. The first-order valence-corrected chi connectivity index (χ1v) is 7.72. The lowest BCUT2D eigenvalue weighted by Gasteiger charge is -2.29. The first-order chi connectivity index (χ1) is 10.0. The van der Waals surface area contributed by atoms with Crippen LogP contribution in [-0.2, 0) is 9.53 Å². The average molecular weight is 355 g/mol. The van der Waals surface area contributed by atoms with Gasteiger partial charge in [-0.1, -0.05) is 12.1 Å². The van der Waals surface area contributed by atoms with Gasteiger partial charge in [-0.3, -0.25) is 9.59 Å². The Morgan fingerprint density at radius 1 is 1.33 bits per heavy atom. The summed E-state index contributed by atoms with van der Waals surface area (Å²) in [6.07, 6.45) is 0. The Morgan fingerprint density at radius 2 is 2.00 bits per heavy atom. The number of carbonyl (C=O) groups is 2. The van der Waals surface area contributed by atoms with E-state index in [0.717, 1.165) is 10.0 Å². The summed E-state index contributed by atoms with van der Waals surface area (Å²) in [6.45, 7) is 5.88. The number of amides is 2. The second kappa shape index (κ2) is 7.04. The van der Waals surface area contributed by atoms with Gasteiger partial charge < -0.3 is 15.0 Å². The highest BCUT2D eigenvalue weighted by Gasteiger charge is 2.24. The van der Waals surface area contributed by atoms with Crippen molar-refractivity contribution in [3.8, 4) is 0 Å². The molecule has 114 valence electrons. The molecule has 1 aliphatic rings. The van der Waals surface area contributed by atoms with Crippen LogP contribution in [-0.4, -0.2) is 49.1 Å². The van der Waals surface area contributed by atoms with Gasteiger partial charge in [-0.15, -0.1) is 0 Å². The number of nitrogens with one attached hydrogen (secondary N) is 1. The molecule has 5 nitrogen and oxygen atoms in total. The number of nitrogens with zero attached hydrogens (tertiary/aromatic N) is 1. The molecule has 0 aromatic heterocycles. The monoisotopic (exact) mass is 354 g/mol. The normalized spacial score (nSPS) is 16.4. The number of ether oxygens (including phenoxy) is 1. The Morgan fingerprint density at radius 3 is 2.67 bits per heavy atom. The molecule has 2 amide bonds. The fraction of sp³-hybridized carbons (Fsp3) is 0.467. The number of hydrogen-bond donors (Lipinski definition) is 1. The van der Waals surface area contributed by atoms with Crippen molar-refractivity contribution in [3.63, 3.8) is 0 Å². The summed E-state index contributed by atoms with van der Waals surface area (Å²) < 4.78 is 5.98. The van der Waals surface area contributed by atoms with Gasteiger partial charge in [0.15, 0.2) is 0 Å². The van der Waals surface area contributed by atoms with Gasteiger partial charge in [-0.2, -0.15) is 0 Å². The van der Waals surface area contributed by atoms with Gasteiger partial charge in [0.2, 0.25) is 5.91 Å². The second-order valence-electron chi connectivity index (χ2n) is 5.07. The number of halogens is 1. The number of rotatable bonds is 3. The van der Waals surface area contributed by atoms with Gasteiger partial charge in [0.05, 0.1) is 18.8 Å². The van der Waals surface area contributed by atoms with Crippen LogP contribution in [0.25, 0.3) is 0 Å². The highest BCUT2D eigenvalue weighted by molar-refractivity contribution is 9.10. The van der Waals surface area contributed by atoms with E-state index in [2.05, 4.69) is 21.2 Å². The number of aryl methyl sites for hydroxylation is 1. The molecule has 1 unspecified atom stereocenters. The van der Waals surface area contributed by atoms with E-state index in [1.807, 2.05) is 19.1 Å². The maximum Gasteiger partial charge on any atom is 0.253 e. The van der Waals surface area contributed by atoms with Crippen LogP contribution >= 0.6 is 15.9 Å². The minimum atomic E-state index is -0.553. The zero-order valence-electron chi connectivity index (χ0n) is 12.2. The molecule has 1 N–H and O–H groups in total. The van der Waals surface area contributed by atoms with Gasteiger partial charge in [-0.05, 0) is 41.4 Å². The van der Waals surface area contributed by atoms with Crippen molar-refractivity contribution >= 4 is 27.7 Å². The van der Waals surface area contributed by atoms with E-state index in [-0.39, 0.29) is 11.8 Å². The molecule has 21 heavy (non-hydrogen) atoms. The summed E-state index contributed by atoms with van der Waals surface area (Å²) in [5.74, 6) is -0.324. The Labute approximate surface area is 132 Å². The molecule has 0 saturated carbocycles. The molecule has 1 aromatic carbocycles. The third-order valence-corrected chi connectivity index (χ3v) is 4.53.